The number of fused-ring (bicyclic) bond motifs is 6. The quantitative estimate of drug-likeness (QED) is 0.497. The van der Waals surface area contributed by atoms with Crippen molar-refractivity contribution >= 4 is 0 Å². The van der Waals surface area contributed by atoms with Crippen LogP contribution < -0.4 is 5.32 Å². The van der Waals surface area contributed by atoms with Crippen molar-refractivity contribution in [2.75, 3.05) is 13.2 Å². The number of aliphatic hydroxyl groups excluding tert-OH is 1. The zero-order chi connectivity index (χ0) is 27.3. The second-order valence-electron chi connectivity index (χ2n) is 12.9. The Morgan fingerprint density at radius 2 is 1.03 bits per heavy atom. The monoisotopic (exact) mass is 545 g/mol. The molecule has 6 heterocycles. The molecule has 0 spiro atoms. The first-order valence-electron chi connectivity index (χ1n) is 13.7. The molecule has 0 aliphatic carbocycles. The Morgan fingerprint density at radius 3 is 1.61 bits per heavy atom. The first kappa shape index (κ1) is 27.7. The predicted octanol–water partition coefficient (Wildman–Crippen LogP) is 1.12. The van der Waals surface area contributed by atoms with Gasteiger partial charge in [0.05, 0.1) is 0 Å². The average molecular weight is 546 g/mol. The van der Waals surface area contributed by atoms with Crippen molar-refractivity contribution in [3.05, 3.63) is 0 Å². The summed E-state index contributed by atoms with van der Waals surface area (Å²) in [5.74, 6) is -3.19. The van der Waals surface area contributed by atoms with Gasteiger partial charge in [-0.2, -0.15) is 0 Å². The van der Waals surface area contributed by atoms with E-state index in [9.17, 15) is 5.11 Å². The molecule has 0 aromatic carbocycles. The lowest BCUT2D eigenvalue weighted by Crippen LogP contribution is -2.63. The minimum Gasteiger partial charge on any atom is -0.396 e. The van der Waals surface area contributed by atoms with Crippen molar-refractivity contribution < 1.29 is 52.5 Å². The van der Waals surface area contributed by atoms with E-state index < -0.39 is 66.2 Å². The van der Waals surface area contributed by atoms with Gasteiger partial charge >= 0.3 is 0 Å². The van der Waals surface area contributed by atoms with Crippen LogP contribution in [0.4, 0.5) is 0 Å². The van der Waals surface area contributed by atoms with Gasteiger partial charge in [0.15, 0.2) is 35.7 Å². The lowest BCUT2D eigenvalue weighted by atomic mass is 9.92. The van der Waals surface area contributed by atoms with Crippen molar-refractivity contribution in [2.24, 2.45) is 0 Å². The summed E-state index contributed by atoms with van der Waals surface area (Å²) in [6, 6.07) is -0.300. The van der Waals surface area contributed by atoms with Crippen molar-refractivity contribution in [1.29, 1.82) is 0 Å². The molecule has 0 unspecified atom stereocenters. The highest BCUT2D eigenvalue weighted by atomic mass is 16.9. The van der Waals surface area contributed by atoms with E-state index in [1.807, 2.05) is 55.4 Å². The highest BCUT2D eigenvalue weighted by molar-refractivity contribution is 5.05. The standard InChI is InChI=1S/C26H43NO11/c1-23(2)31-15-13(29-21-19(17(15)33-23)35-25(5,6)37-21)11-27-12(9-10-28)14-16-18(34-24(3,4)32-16)20-22(30-14)38-26(7,8)36-20/h12-22,27-28H,9-11H2,1-8H3/t12-,13+,14+,15-,16-,17-,18-,19+,20+,21+,22+/m0/s1. The van der Waals surface area contributed by atoms with Gasteiger partial charge in [0.25, 0.3) is 0 Å². The van der Waals surface area contributed by atoms with E-state index in [-0.39, 0.29) is 31.0 Å². The molecule has 6 aliphatic rings. The summed E-state index contributed by atoms with van der Waals surface area (Å²) in [6.45, 7) is 15.3. The lowest BCUT2D eigenvalue weighted by molar-refractivity contribution is -0.244. The van der Waals surface area contributed by atoms with Crippen molar-refractivity contribution in [3.8, 4) is 0 Å². The first-order valence-corrected chi connectivity index (χ1v) is 13.7. The second kappa shape index (κ2) is 9.27. The van der Waals surface area contributed by atoms with Crippen LogP contribution in [0.3, 0.4) is 0 Å². The van der Waals surface area contributed by atoms with Crippen LogP contribution in [0.1, 0.15) is 61.8 Å². The third-order valence-electron chi connectivity index (χ3n) is 7.86. The van der Waals surface area contributed by atoms with E-state index in [2.05, 4.69) is 5.32 Å². The first-order chi connectivity index (χ1) is 17.7. The van der Waals surface area contributed by atoms with Crippen molar-refractivity contribution in [2.45, 2.75) is 152 Å². The lowest BCUT2D eigenvalue weighted by Gasteiger charge is -2.42. The molecule has 218 valence electrons. The number of hydrogen-bond donors (Lipinski definition) is 2. The molecule has 0 saturated carbocycles. The second-order valence-corrected chi connectivity index (χ2v) is 12.9. The topological polar surface area (TPSA) is 125 Å². The van der Waals surface area contributed by atoms with Crippen LogP contribution >= 0.6 is 0 Å². The van der Waals surface area contributed by atoms with Crippen LogP contribution in [-0.2, 0) is 47.4 Å². The van der Waals surface area contributed by atoms with Gasteiger partial charge < -0.3 is 57.8 Å². The third kappa shape index (κ3) is 5.05. The fourth-order valence-electron chi connectivity index (χ4n) is 6.61. The van der Waals surface area contributed by atoms with Crippen LogP contribution in [0.25, 0.3) is 0 Å². The highest BCUT2D eigenvalue weighted by Crippen LogP contribution is 2.46. The maximum absolute atomic E-state index is 9.98. The van der Waals surface area contributed by atoms with Crippen LogP contribution in [0.5, 0.6) is 0 Å². The molecule has 6 rings (SSSR count). The van der Waals surface area contributed by atoms with E-state index >= 15 is 0 Å². The van der Waals surface area contributed by atoms with E-state index in [0.717, 1.165) is 0 Å². The molecule has 6 fully saturated rings. The minimum absolute atomic E-state index is 0.0455. The molecule has 0 radical (unpaired) electrons. The third-order valence-corrected chi connectivity index (χ3v) is 7.86. The Morgan fingerprint density at radius 1 is 0.579 bits per heavy atom. The van der Waals surface area contributed by atoms with Gasteiger partial charge in [-0.25, -0.2) is 0 Å². The fraction of sp³-hybridized carbons (Fsp3) is 1.00. The fourth-order valence-corrected chi connectivity index (χ4v) is 6.61. The number of hydrogen-bond acceptors (Lipinski definition) is 12. The maximum Gasteiger partial charge on any atom is 0.190 e. The number of aliphatic hydroxyl groups is 1. The molecule has 0 aromatic rings. The molecule has 6 aliphatic heterocycles. The SMILES string of the molecule is CC1(C)O[C@@H]2[C@H](O1)[C@H]1OC(C)(C)O[C@H]1O[C@@H]2[C@H](CCO)NC[C@H]1O[C@@H]2OC(C)(C)O[C@@H]2[C@H]2OC(C)(C)O[C@H]21. The highest BCUT2D eigenvalue weighted by Gasteiger charge is 2.63. The zero-order valence-electron chi connectivity index (χ0n) is 23.5. The molecule has 0 bridgehead atoms. The van der Waals surface area contributed by atoms with Crippen LogP contribution in [0, 0.1) is 0 Å². The predicted molar refractivity (Wildman–Crippen MR) is 129 cm³/mol. The number of nitrogens with one attached hydrogen (secondary N) is 1. The number of rotatable bonds is 6. The molecule has 0 aromatic heterocycles. The van der Waals surface area contributed by atoms with Crippen LogP contribution in [-0.4, -0.2) is 109 Å². The van der Waals surface area contributed by atoms with Gasteiger partial charge in [0.1, 0.15) is 48.8 Å². The molecular weight excluding hydrogens is 502 g/mol. The normalized spacial score (nSPS) is 48.2. The zero-order valence-corrected chi connectivity index (χ0v) is 23.5. The van der Waals surface area contributed by atoms with Gasteiger partial charge in [-0.3, -0.25) is 0 Å². The van der Waals surface area contributed by atoms with Crippen LogP contribution in [0.2, 0.25) is 0 Å². The van der Waals surface area contributed by atoms with Gasteiger partial charge in [-0.05, 0) is 61.8 Å². The van der Waals surface area contributed by atoms with E-state index in [4.69, 9.17) is 47.4 Å². The number of ether oxygens (including phenoxy) is 10. The smallest absolute Gasteiger partial charge is 0.190 e. The van der Waals surface area contributed by atoms with Gasteiger partial charge in [-0.15, -0.1) is 0 Å². The Bertz CT molecular complexity index is 896. The Kier molecular flexibility index (Phi) is 6.75. The Hall–Kier alpha value is -0.480. The molecular formula is C26H43NO11. The van der Waals surface area contributed by atoms with E-state index in [1.54, 1.807) is 0 Å². The summed E-state index contributed by atoms with van der Waals surface area (Å²) in [5, 5.41) is 13.5. The molecule has 12 nitrogen and oxygen atoms in total. The summed E-state index contributed by atoms with van der Waals surface area (Å²) < 4.78 is 62.3. The maximum atomic E-state index is 9.98. The van der Waals surface area contributed by atoms with Crippen molar-refractivity contribution in [3.63, 3.8) is 0 Å². The molecule has 6 saturated heterocycles. The van der Waals surface area contributed by atoms with Crippen LogP contribution in [0.15, 0.2) is 0 Å². The molecule has 2 N–H and O–H groups in total. The molecule has 38 heavy (non-hydrogen) atoms. The Labute approximate surface area is 223 Å². The van der Waals surface area contributed by atoms with Gasteiger partial charge in [0.2, 0.25) is 0 Å². The molecule has 0 amide bonds. The van der Waals surface area contributed by atoms with E-state index in [0.29, 0.717) is 13.0 Å². The van der Waals surface area contributed by atoms with Crippen molar-refractivity contribution in [1.82, 2.24) is 5.32 Å². The summed E-state index contributed by atoms with van der Waals surface area (Å²) in [7, 11) is 0. The molecule has 12 heteroatoms. The van der Waals surface area contributed by atoms with E-state index in [1.165, 1.54) is 0 Å². The summed E-state index contributed by atoms with van der Waals surface area (Å²) in [5.41, 5.74) is 0. The van der Waals surface area contributed by atoms with Gasteiger partial charge in [0, 0.05) is 19.2 Å². The largest absolute Gasteiger partial charge is 0.396 e. The summed E-state index contributed by atoms with van der Waals surface area (Å²) >= 11 is 0. The summed E-state index contributed by atoms with van der Waals surface area (Å²) in [4.78, 5) is 0. The minimum atomic E-state index is -0.812. The Balaban J connectivity index is 1.20. The van der Waals surface area contributed by atoms with Gasteiger partial charge in [-0.1, -0.05) is 0 Å². The summed E-state index contributed by atoms with van der Waals surface area (Å²) in [6.07, 6.45) is -3.97. The molecule has 11 atom stereocenters. The average Bonchev–Trinajstić information content (AvgIpc) is 3.47.